The van der Waals surface area contributed by atoms with Crippen molar-refractivity contribution in [2.24, 2.45) is 4.99 Å². The summed E-state index contributed by atoms with van der Waals surface area (Å²) in [6.07, 6.45) is 4.74. The Balaban J connectivity index is 1.18. The van der Waals surface area contributed by atoms with E-state index in [-0.39, 0.29) is 0 Å². The van der Waals surface area contributed by atoms with Crippen molar-refractivity contribution in [3.63, 3.8) is 0 Å². The number of hydrogen-bond donors (Lipinski definition) is 3. The van der Waals surface area contributed by atoms with Crippen LogP contribution < -0.4 is 15.5 Å². The van der Waals surface area contributed by atoms with Crippen LogP contribution in [-0.2, 0) is 4.79 Å². The number of nitrogens with zero attached hydrogens (tertiary/aromatic N) is 3. The molecule has 7 nitrogen and oxygen atoms in total. The summed E-state index contributed by atoms with van der Waals surface area (Å²) in [6.45, 7) is 3.33. The first-order valence-corrected chi connectivity index (χ1v) is 13.1. The van der Waals surface area contributed by atoms with Gasteiger partial charge in [0.1, 0.15) is 5.82 Å². The number of hydrazine groups is 1. The Morgan fingerprint density at radius 2 is 1.94 bits per heavy atom. The molecular weight excluding hydrogens is 512 g/mol. The number of carbonyl (C=O) groups excluding carboxylic acids is 1. The molecule has 3 aliphatic heterocycles. The zero-order valence-corrected chi connectivity index (χ0v) is 21.2. The molecule has 3 N–H and O–H groups in total. The molecule has 176 valence electrons. The SMILES string of the molecule is O=C1CCCN1CCCNSc1ccc(NC2=CC(c3ccccc3)=NC3=C(Br)CNN23)cc1. The van der Waals surface area contributed by atoms with Gasteiger partial charge in [0, 0.05) is 48.3 Å². The second kappa shape index (κ2) is 10.8. The number of anilines is 1. The van der Waals surface area contributed by atoms with Crippen molar-refractivity contribution in [2.45, 2.75) is 24.2 Å². The van der Waals surface area contributed by atoms with Crippen molar-refractivity contribution in [3.05, 3.63) is 82.4 Å². The molecule has 0 atom stereocenters. The first-order valence-electron chi connectivity index (χ1n) is 11.5. The fourth-order valence-electron chi connectivity index (χ4n) is 4.09. The van der Waals surface area contributed by atoms with Crippen molar-refractivity contribution in [1.29, 1.82) is 0 Å². The molecule has 1 amide bonds. The number of likely N-dealkylation sites (tertiary alicyclic amines) is 1. The summed E-state index contributed by atoms with van der Waals surface area (Å²) in [5, 5.41) is 5.51. The van der Waals surface area contributed by atoms with E-state index >= 15 is 0 Å². The molecule has 34 heavy (non-hydrogen) atoms. The van der Waals surface area contributed by atoms with Crippen molar-refractivity contribution in [2.75, 3.05) is 31.5 Å². The van der Waals surface area contributed by atoms with Crippen LogP contribution >= 0.6 is 27.9 Å². The summed E-state index contributed by atoms with van der Waals surface area (Å²) in [6, 6.07) is 18.6. The third kappa shape index (κ3) is 5.38. The number of amides is 1. The number of hydrogen-bond acceptors (Lipinski definition) is 7. The Hall–Kier alpha value is -2.59. The van der Waals surface area contributed by atoms with Gasteiger partial charge in [-0.25, -0.2) is 15.4 Å². The number of benzene rings is 2. The number of aliphatic imine (C=N–C) groups is 1. The minimum Gasteiger partial charge on any atom is -0.343 e. The van der Waals surface area contributed by atoms with Gasteiger partial charge in [-0.05, 0) is 49.1 Å². The Morgan fingerprint density at radius 1 is 1.12 bits per heavy atom. The van der Waals surface area contributed by atoms with Crippen LogP contribution in [0.15, 0.2) is 86.7 Å². The molecule has 1 fully saturated rings. The average Bonchev–Trinajstić information content (AvgIpc) is 3.45. The third-order valence-corrected chi connectivity index (χ3v) is 7.34. The van der Waals surface area contributed by atoms with E-state index in [2.05, 4.69) is 73.9 Å². The van der Waals surface area contributed by atoms with Gasteiger partial charge >= 0.3 is 0 Å². The molecule has 0 spiro atoms. The van der Waals surface area contributed by atoms with E-state index in [1.807, 2.05) is 28.1 Å². The summed E-state index contributed by atoms with van der Waals surface area (Å²) in [7, 11) is 0. The van der Waals surface area contributed by atoms with Crippen LogP contribution in [0.4, 0.5) is 5.69 Å². The van der Waals surface area contributed by atoms with E-state index in [1.165, 1.54) is 0 Å². The Morgan fingerprint density at radius 3 is 2.71 bits per heavy atom. The van der Waals surface area contributed by atoms with Gasteiger partial charge in [-0.2, -0.15) is 0 Å². The second-order valence-electron chi connectivity index (χ2n) is 8.28. The Bertz CT molecular complexity index is 1130. The highest BCUT2D eigenvalue weighted by molar-refractivity contribution is 9.11. The molecule has 3 heterocycles. The lowest BCUT2D eigenvalue weighted by molar-refractivity contribution is -0.127. The minimum atomic E-state index is 0.296. The van der Waals surface area contributed by atoms with Crippen LogP contribution in [0.2, 0.25) is 0 Å². The van der Waals surface area contributed by atoms with Crippen LogP contribution in [-0.4, -0.2) is 47.7 Å². The zero-order valence-electron chi connectivity index (χ0n) is 18.8. The van der Waals surface area contributed by atoms with Crippen molar-refractivity contribution in [3.8, 4) is 0 Å². The standard InChI is InChI=1S/C25H27BrN6OS/c26-21-17-27-32-23(16-22(30-25(21)32)18-6-2-1-3-7-18)29-19-9-11-20(12-10-19)34-28-13-5-15-31-14-4-8-24(31)33/h1-3,6-7,9-12,16,27-29H,4-5,8,13-15,17H2. The predicted octanol–water partition coefficient (Wildman–Crippen LogP) is 4.44. The van der Waals surface area contributed by atoms with Crippen molar-refractivity contribution >= 4 is 45.2 Å². The summed E-state index contributed by atoms with van der Waals surface area (Å²) < 4.78 is 4.43. The maximum absolute atomic E-state index is 11.7. The maximum Gasteiger partial charge on any atom is 0.222 e. The molecule has 3 aliphatic rings. The summed E-state index contributed by atoms with van der Waals surface area (Å²) in [4.78, 5) is 19.6. The van der Waals surface area contributed by atoms with E-state index in [4.69, 9.17) is 4.99 Å². The van der Waals surface area contributed by atoms with Crippen LogP contribution in [0.1, 0.15) is 24.8 Å². The number of carbonyl (C=O) groups is 1. The lowest BCUT2D eigenvalue weighted by Gasteiger charge is -2.27. The van der Waals surface area contributed by atoms with Crippen molar-refractivity contribution in [1.82, 2.24) is 20.1 Å². The van der Waals surface area contributed by atoms with Crippen LogP contribution in [0.3, 0.4) is 0 Å². The smallest absolute Gasteiger partial charge is 0.222 e. The molecule has 0 aromatic heterocycles. The molecule has 1 saturated heterocycles. The van der Waals surface area contributed by atoms with Crippen LogP contribution in [0, 0.1) is 0 Å². The number of nitrogens with one attached hydrogen (secondary N) is 3. The van der Waals surface area contributed by atoms with Gasteiger partial charge in [0.15, 0.2) is 5.82 Å². The molecule has 9 heteroatoms. The maximum atomic E-state index is 11.7. The average molecular weight is 540 g/mol. The van der Waals surface area contributed by atoms with Crippen LogP contribution in [0.5, 0.6) is 0 Å². The van der Waals surface area contributed by atoms with Gasteiger partial charge < -0.3 is 10.2 Å². The lowest BCUT2D eigenvalue weighted by atomic mass is 10.1. The van der Waals surface area contributed by atoms with Gasteiger partial charge in [-0.3, -0.25) is 9.52 Å². The monoisotopic (exact) mass is 538 g/mol. The van der Waals surface area contributed by atoms with Gasteiger partial charge in [0.2, 0.25) is 5.91 Å². The highest BCUT2D eigenvalue weighted by atomic mass is 79.9. The topological polar surface area (TPSA) is 72.0 Å². The Labute approximate surface area is 212 Å². The number of fused-ring (bicyclic) bond motifs is 1. The predicted molar refractivity (Wildman–Crippen MR) is 141 cm³/mol. The van der Waals surface area contributed by atoms with Gasteiger partial charge in [-0.1, -0.05) is 46.3 Å². The summed E-state index contributed by atoms with van der Waals surface area (Å²) in [5.41, 5.74) is 6.36. The summed E-state index contributed by atoms with van der Waals surface area (Å²) in [5.74, 6) is 2.09. The van der Waals surface area contributed by atoms with E-state index < -0.39 is 0 Å². The Kier molecular flexibility index (Phi) is 7.34. The summed E-state index contributed by atoms with van der Waals surface area (Å²) >= 11 is 5.26. The fraction of sp³-hybridized carbons (Fsp3) is 0.280. The molecule has 5 rings (SSSR count). The first-order chi connectivity index (χ1) is 16.7. The molecular formula is C25H27BrN6OS. The molecule has 0 saturated carbocycles. The van der Waals surface area contributed by atoms with Crippen molar-refractivity contribution < 1.29 is 4.79 Å². The third-order valence-electron chi connectivity index (χ3n) is 5.85. The quantitative estimate of drug-likeness (QED) is 0.324. The minimum absolute atomic E-state index is 0.296. The van der Waals surface area contributed by atoms with Gasteiger partial charge in [0.25, 0.3) is 0 Å². The zero-order chi connectivity index (χ0) is 23.3. The lowest BCUT2D eigenvalue weighted by Crippen LogP contribution is -2.36. The fourth-order valence-corrected chi connectivity index (χ4v) is 5.17. The number of allylic oxidation sites excluding steroid dienone is 1. The highest BCUT2D eigenvalue weighted by Gasteiger charge is 2.28. The van der Waals surface area contributed by atoms with Gasteiger partial charge in [0.05, 0.1) is 16.7 Å². The molecule has 2 aromatic rings. The van der Waals surface area contributed by atoms with E-state index in [0.29, 0.717) is 18.9 Å². The highest BCUT2D eigenvalue weighted by Crippen LogP contribution is 2.30. The molecule has 0 aliphatic carbocycles. The second-order valence-corrected chi connectivity index (χ2v) is 10.2. The van der Waals surface area contributed by atoms with E-state index in [9.17, 15) is 4.79 Å². The van der Waals surface area contributed by atoms with E-state index in [1.54, 1.807) is 11.9 Å². The molecule has 2 aromatic carbocycles. The molecule has 0 bridgehead atoms. The van der Waals surface area contributed by atoms with Gasteiger partial charge in [-0.15, -0.1) is 0 Å². The van der Waals surface area contributed by atoms with E-state index in [0.717, 1.165) is 70.5 Å². The number of halogens is 1. The normalized spacial score (nSPS) is 17.7. The first kappa shape index (κ1) is 23.2. The largest absolute Gasteiger partial charge is 0.343 e. The van der Waals surface area contributed by atoms with Crippen LogP contribution in [0.25, 0.3) is 0 Å². The molecule has 0 radical (unpaired) electrons. The molecule has 0 unspecified atom stereocenters. The number of rotatable bonds is 9.